The molecule has 0 fully saturated rings. The van der Waals surface area contributed by atoms with Crippen LogP contribution in [0.25, 0.3) is 0 Å². The van der Waals surface area contributed by atoms with Crippen LogP contribution < -0.4 is 10.2 Å². The van der Waals surface area contributed by atoms with Gasteiger partial charge in [-0.25, -0.2) is 4.79 Å². The minimum Gasteiger partial charge on any atom is -0.496 e. The van der Waals surface area contributed by atoms with Crippen molar-refractivity contribution < 1.29 is 24.7 Å². The molecule has 0 aromatic heterocycles. The standard InChI is InChI=1S/C9H11BO5/c1-5-3-6(9(11)12)8(15-2)7(4-5)10(13)14/h3-4,13-14H,1-2H3,(H,11,12). The molecule has 0 heterocycles. The maximum atomic E-state index is 10.9. The van der Waals surface area contributed by atoms with Gasteiger partial charge in [-0.05, 0) is 13.0 Å². The number of benzene rings is 1. The topological polar surface area (TPSA) is 87.0 Å². The second-order valence-corrected chi connectivity index (χ2v) is 3.11. The Balaban J connectivity index is 3.45. The number of carboxylic acids is 1. The van der Waals surface area contributed by atoms with E-state index in [1.54, 1.807) is 6.92 Å². The zero-order valence-electron chi connectivity index (χ0n) is 8.39. The van der Waals surface area contributed by atoms with E-state index in [0.29, 0.717) is 5.56 Å². The van der Waals surface area contributed by atoms with E-state index in [1.807, 2.05) is 0 Å². The summed E-state index contributed by atoms with van der Waals surface area (Å²) in [4.78, 5) is 10.9. The Labute approximate surface area is 87.1 Å². The quantitative estimate of drug-likeness (QED) is 0.578. The molecule has 1 rings (SSSR count). The normalized spacial score (nSPS) is 9.87. The molecule has 0 aliphatic heterocycles. The van der Waals surface area contributed by atoms with Crippen LogP contribution in [0, 0.1) is 6.92 Å². The molecule has 0 spiro atoms. The number of hydrogen-bond acceptors (Lipinski definition) is 4. The molecule has 0 aliphatic carbocycles. The van der Waals surface area contributed by atoms with Crippen molar-refractivity contribution in [3.05, 3.63) is 23.3 Å². The van der Waals surface area contributed by atoms with Gasteiger partial charge in [-0.2, -0.15) is 0 Å². The lowest BCUT2D eigenvalue weighted by molar-refractivity contribution is 0.0693. The molecule has 1 aromatic carbocycles. The van der Waals surface area contributed by atoms with Crippen molar-refractivity contribution in [1.29, 1.82) is 0 Å². The first kappa shape index (κ1) is 11.5. The third-order valence-corrected chi connectivity index (χ3v) is 1.97. The van der Waals surface area contributed by atoms with E-state index in [-0.39, 0.29) is 16.8 Å². The molecule has 15 heavy (non-hydrogen) atoms. The lowest BCUT2D eigenvalue weighted by Crippen LogP contribution is -2.32. The second-order valence-electron chi connectivity index (χ2n) is 3.11. The Hall–Kier alpha value is -1.53. The van der Waals surface area contributed by atoms with Crippen LogP contribution in [-0.4, -0.2) is 35.4 Å². The second kappa shape index (κ2) is 4.33. The van der Waals surface area contributed by atoms with Crippen LogP contribution in [0.1, 0.15) is 15.9 Å². The maximum absolute atomic E-state index is 10.9. The van der Waals surface area contributed by atoms with Crippen molar-refractivity contribution in [2.45, 2.75) is 6.92 Å². The Morgan fingerprint density at radius 3 is 2.40 bits per heavy atom. The number of hydrogen-bond donors (Lipinski definition) is 3. The zero-order chi connectivity index (χ0) is 11.6. The first-order valence-corrected chi connectivity index (χ1v) is 4.25. The van der Waals surface area contributed by atoms with Crippen molar-refractivity contribution >= 4 is 18.6 Å². The summed E-state index contributed by atoms with van der Waals surface area (Å²) in [5.41, 5.74) is 0.590. The average molecular weight is 210 g/mol. The lowest BCUT2D eigenvalue weighted by Gasteiger charge is -2.11. The molecule has 80 valence electrons. The molecule has 0 saturated heterocycles. The molecule has 1 aromatic rings. The summed E-state index contributed by atoms with van der Waals surface area (Å²) in [6.45, 7) is 1.66. The van der Waals surface area contributed by atoms with Gasteiger partial charge in [-0.15, -0.1) is 0 Å². The van der Waals surface area contributed by atoms with E-state index in [0.717, 1.165) is 0 Å². The first-order chi connectivity index (χ1) is 6.97. The van der Waals surface area contributed by atoms with Crippen molar-refractivity contribution in [2.24, 2.45) is 0 Å². The van der Waals surface area contributed by atoms with E-state index in [1.165, 1.54) is 19.2 Å². The summed E-state index contributed by atoms with van der Waals surface area (Å²) in [5.74, 6) is -1.19. The molecule has 0 unspecified atom stereocenters. The van der Waals surface area contributed by atoms with Crippen LogP contribution in [-0.2, 0) is 0 Å². The fraction of sp³-hybridized carbons (Fsp3) is 0.222. The van der Waals surface area contributed by atoms with Gasteiger partial charge in [-0.3, -0.25) is 0 Å². The third-order valence-electron chi connectivity index (χ3n) is 1.97. The van der Waals surface area contributed by atoms with Gasteiger partial charge in [0.1, 0.15) is 11.3 Å². The average Bonchev–Trinajstić information content (AvgIpc) is 2.16. The highest BCUT2D eigenvalue weighted by Crippen LogP contribution is 2.17. The molecule has 0 atom stereocenters. The summed E-state index contributed by atoms with van der Waals surface area (Å²) in [7, 11) is -0.471. The first-order valence-electron chi connectivity index (χ1n) is 4.25. The van der Waals surface area contributed by atoms with E-state index in [4.69, 9.17) is 19.9 Å². The number of ether oxygens (including phenoxy) is 1. The summed E-state index contributed by atoms with van der Waals surface area (Å²) >= 11 is 0. The Kier molecular flexibility index (Phi) is 3.33. The number of aryl methyl sites for hydroxylation is 1. The van der Waals surface area contributed by atoms with Crippen LogP contribution in [0.5, 0.6) is 5.75 Å². The van der Waals surface area contributed by atoms with E-state index in [2.05, 4.69) is 0 Å². The summed E-state index contributed by atoms with van der Waals surface area (Å²) < 4.78 is 4.85. The Morgan fingerprint density at radius 1 is 1.40 bits per heavy atom. The van der Waals surface area contributed by atoms with Crippen molar-refractivity contribution in [1.82, 2.24) is 0 Å². The molecule has 6 heteroatoms. The van der Waals surface area contributed by atoms with Gasteiger partial charge >= 0.3 is 13.1 Å². The molecule has 5 nitrogen and oxygen atoms in total. The van der Waals surface area contributed by atoms with E-state index in [9.17, 15) is 4.79 Å². The van der Waals surface area contributed by atoms with Crippen molar-refractivity contribution in [3.63, 3.8) is 0 Å². The number of aromatic carboxylic acids is 1. The number of rotatable bonds is 3. The van der Waals surface area contributed by atoms with Crippen LogP contribution in [0.2, 0.25) is 0 Å². The SMILES string of the molecule is COc1c(B(O)O)cc(C)cc1C(=O)O. The molecular weight excluding hydrogens is 199 g/mol. The Morgan fingerprint density at radius 2 is 2.00 bits per heavy atom. The number of methoxy groups -OCH3 is 1. The van der Waals surface area contributed by atoms with Gasteiger partial charge in [0, 0.05) is 5.46 Å². The molecule has 0 aliphatic rings. The third kappa shape index (κ3) is 2.29. The highest BCUT2D eigenvalue weighted by Gasteiger charge is 2.23. The molecule has 0 radical (unpaired) electrons. The van der Waals surface area contributed by atoms with Gasteiger partial charge in [-0.1, -0.05) is 11.6 Å². The van der Waals surface area contributed by atoms with Gasteiger partial charge in [0.15, 0.2) is 0 Å². The predicted molar refractivity (Wildman–Crippen MR) is 54.5 cm³/mol. The summed E-state index contributed by atoms with van der Waals surface area (Å²) in [6.07, 6.45) is 0. The molecule has 0 bridgehead atoms. The van der Waals surface area contributed by atoms with Crippen LogP contribution in [0.15, 0.2) is 12.1 Å². The monoisotopic (exact) mass is 210 g/mol. The zero-order valence-corrected chi connectivity index (χ0v) is 8.39. The van der Waals surface area contributed by atoms with E-state index >= 15 is 0 Å². The Bertz CT molecular complexity index is 388. The summed E-state index contributed by atoms with van der Waals surface area (Å²) in [5, 5.41) is 27.0. The van der Waals surface area contributed by atoms with Gasteiger partial charge < -0.3 is 19.9 Å². The molecular formula is C9H11BO5. The molecule has 3 N–H and O–H groups in total. The summed E-state index contributed by atoms with van der Waals surface area (Å²) in [6, 6.07) is 2.88. The highest BCUT2D eigenvalue weighted by atomic mass is 16.5. The van der Waals surface area contributed by atoms with Crippen molar-refractivity contribution in [3.8, 4) is 5.75 Å². The van der Waals surface area contributed by atoms with Crippen molar-refractivity contribution in [2.75, 3.05) is 7.11 Å². The fourth-order valence-electron chi connectivity index (χ4n) is 1.38. The van der Waals surface area contributed by atoms with Gasteiger partial charge in [0.25, 0.3) is 0 Å². The van der Waals surface area contributed by atoms with Crippen LogP contribution in [0.4, 0.5) is 0 Å². The fourth-order valence-corrected chi connectivity index (χ4v) is 1.38. The lowest BCUT2D eigenvalue weighted by atomic mass is 9.77. The maximum Gasteiger partial charge on any atom is 0.492 e. The molecule has 0 amide bonds. The largest absolute Gasteiger partial charge is 0.496 e. The molecule has 0 saturated carbocycles. The van der Waals surface area contributed by atoms with Crippen LogP contribution >= 0.6 is 0 Å². The minimum atomic E-state index is -1.75. The smallest absolute Gasteiger partial charge is 0.492 e. The van der Waals surface area contributed by atoms with Crippen LogP contribution in [0.3, 0.4) is 0 Å². The number of carboxylic acid groups (broad SMARTS) is 1. The highest BCUT2D eigenvalue weighted by molar-refractivity contribution is 6.60. The van der Waals surface area contributed by atoms with Gasteiger partial charge in [0.05, 0.1) is 7.11 Å². The predicted octanol–water partition coefficient (Wildman–Crippen LogP) is -0.618. The van der Waals surface area contributed by atoms with Gasteiger partial charge in [0.2, 0.25) is 0 Å². The minimum absolute atomic E-state index is 0.0249. The number of carbonyl (C=O) groups is 1. The van der Waals surface area contributed by atoms with E-state index < -0.39 is 13.1 Å².